The molecule has 2 aromatic rings. The predicted octanol–water partition coefficient (Wildman–Crippen LogP) is 4.72. The highest BCUT2D eigenvalue weighted by molar-refractivity contribution is 6.35. The lowest BCUT2D eigenvalue weighted by molar-refractivity contribution is 0.123. The molecule has 0 saturated heterocycles. The number of amides is 2. The third-order valence-electron chi connectivity index (χ3n) is 3.97. The van der Waals surface area contributed by atoms with Crippen LogP contribution in [0, 0.1) is 0 Å². The molecule has 24 heavy (non-hydrogen) atoms. The quantitative estimate of drug-likeness (QED) is 0.805. The number of aliphatic hydroxyl groups is 1. The van der Waals surface area contributed by atoms with Gasteiger partial charge in [-0.1, -0.05) is 53.5 Å². The third kappa shape index (κ3) is 4.20. The van der Waals surface area contributed by atoms with Crippen molar-refractivity contribution >= 4 is 34.9 Å². The fraction of sp³-hybridized carbons (Fsp3) is 0.278. The van der Waals surface area contributed by atoms with Crippen molar-refractivity contribution in [3.05, 3.63) is 64.1 Å². The van der Waals surface area contributed by atoms with Gasteiger partial charge in [0.15, 0.2) is 0 Å². The Bertz CT molecular complexity index is 720. The van der Waals surface area contributed by atoms with E-state index in [0.717, 1.165) is 18.4 Å². The minimum absolute atomic E-state index is 0.154. The van der Waals surface area contributed by atoms with Crippen LogP contribution in [0.5, 0.6) is 0 Å². The number of urea groups is 1. The lowest BCUT2D eigenvalue weighted by Crippen LogP contribution is -2.39. The maximum atomic E-state index is 12.6. The molecule has 0 aromatic heterocycles. The number of nitrogens with zero attached hydrogens (tertiary/aromatic N) is 1. The van der Waals surface area contributed by atoms with Crippen molar-refractivity contribution in [1.29, 1.82) is 0 Å². The summed E-state index contributed by atoms with van der Waals surface area (Å²) < 4.78 is 0. The Morgan fingerprint density at radius 3 is 2.58 bits per heavy atom. The number of aliphatic hydroxyl groups excluding tert-OH is 1. The second-order valence-electron chi connectivity index (χ2n) is 5.86. The number of carbonyl (C=O) groups is 1. The van der Waals surface area contributed by atoms with Crippen LogP contribution < -0.4 is 5.32 Å². The van der Waals surface area contributed by atoms with Crippen molar-refractivity contribution in [3.8, 4) is 0 Å². The zero-order valence-corrected chi connectivity index (χ0v) is 14.5. The molecule has 0 radical (unpaired) electrons. The summed E-state index contributed by atoms with van der Waals surface area (Å²) in [6, 6.07) is 14.1. The molecule has 1 saturated carbocycles. The van der Waals surface area contributed by atoms with Crippen LogP contribution in [0.1, 0.15) is 24.5 Å². The number of hydrogen-bond acceptors (Lipinski definition) is 2. The van der Waals surface area contributed by atoms with E-state index in [4.69, 9.17) is 23.2 Å². The van der Waals surface area contributed by atoms with E-state index in [-0.39, 0.29) is 18.6 Å². The Balaban J connectivity index is 1.71. The smallest absolute Gasteiger partial charge is 0.322 e. The molecule has 3 rings (SSSR count). The van der Waals surface area contributed by atoms with Gasteiger partial charge < -0.3 is 15.3 Å². The van der Waals surface area contributed by atoms with Gasteiger partial charge in [-0.05, 0) is 36.6 Å². The molecule has 1 unspecified atom stereocenters. The van der Waals surface area contributed by atoms with Gasteiger partial charge in [0.25, 0.3) is 0 Å². The summed E-state index contributed by atoms with van der Waals surface area (Å²) in [4.78, 5) is 14.3. The number of rotatable bonds is 5. The van der Waals surface area contributed by atoms with Crippen molar-refractivity contribution in [1.82, 2.24) is 4.90 Å². The van der Waals surface area contributed by atoms with Crippen LogP contribution in [-0.4, -0.2) is 28.6 Å². The Kier molecular flexibility index (Phi) is 5.29. The summed E-state index contributed by atoms with van der Waals surface area (Å²) in [6.07, 6.45) is 1.16. The van der Waals surface area contributed by atoms with Gasteiger partial charge in [0.2, 0.25) is 0 Å². The van der Waals surface area contributed by atoms with Gasteiger partial charge >= 0.3 is 6.03 Å². The van der Waals surface area contributed by atoms with E-state index in [1.807, 2.05) is 30.3 Å². The largest absolute Gasteiger partial charge is 0.387 e. The van der Waals surface area contributed by atoms with Gasteiger partial charge in [0, 0.05) is 11.1 Å². The van der Waals surface area contributed by atoms with Gasteiger partial charge in [-0.25, -0.2) is 4.79 Å². The number of hydrogen-bond donors (Lipinski definition) is 2. The molecule has 126 valence electrons. The Morgan fingerprint density at radius 1 is 1.21 bits per heavy atom. The Hall–Kier alpha value is -1.75. The van der Waals surface area contributed by atoms with Crippen LogP contribution in [0.3, 0.4) is 0 Å². The monoisotopic (exact) mass is 364 g/mol. The van der Waals surface area contributed by atoms with Crippen molar-refractivity contribution in [2.75, 3.05) is 11.9 Å². The van der Waals surface area contributed by atoms with Crippen LogP contribution in [-0.2, 0) is 0 Å². The zero-order chi connectivity index (χ0) is 17.1. The SMILES string of the molecule is O=C(Nc1cc(Cl)ccc1Cl)N(CC(O)c1ccccc1)C1CC1. The van der Waals surface area contributed by atoms with Gasteiger partial charge in [0.1, 0.15) is 0 Å². The highest BCUT2D eigenvalue weighted by Crippen LogP contribution is 2.31. The van der Waals surface area contributed by atoms with Crippen LogP contribution in [0.15, 0.2) is 48.5 Å². The first-order valence-electron chi connectivity index (χ1n) is 7.80. The van der Waals surface area contributed by atoms with E-state index in [1.54, 1.807) is 23.1 Å². The first-order chi connectivity index (χ1) is 11.5. The molecule has 2 N–H and O–H groups in total. The average molecular weight is 365 g/mol. The van der Waals surface area contributed by atoms with E-state index in [9.17, 15) is 9.90 Å². The highest BCUT2D eigenvalue weighted by atomic mass is 35.5. The van der Waals surface area contributed by atoms with Gasteiger partial charge in [-0.15, -0.1) is 0 Å². The van der Waals surface area contributed by atoms with E-state index in [1.165, 1.54) is 0 Å². The van der Waals surface area contributed by atoms with Gasteiger partial charge in [-0.3, -0.25) is 0 Å². The van der Waals surface area contributed by atoms with Crippen molar-refractivity contribution < 1.29 is 9.90 Å². The van der Waals surface area contributed by atoms with E-state index in [0.29, 0.717) is 15.7 Å². The molecule has 2 aromatic carbocycles. The molecule has 0 spiro atoms. The second-order valence-corrected chi connectivity index (χ2v) is 6.71. The highest BCUT2D eigenvalue weighted by Gasteiger charge is 2.34. The first-order valence-corrected chi connectivity index (χ1v) is 8.56. The van der Waals surface area contributed by atoms with Gasteiger partial charge in [0.05, 0.1) is 23.4 Å². The summed E-state index contributed by atoms with van der Waals surface area (Å²) in [6.45, 7) is 0.235. The molecule has 1 aliphatic carbocycles. The molecule has 0 aliphatic heterocycles. The van der Waals surface area contributed by atoms with Crippen LogP contribution >= 0.6 is 23.2 Å². The fourth-order valence-electron chi connectivity index (χ4n) is 2.53. The van der Waals surface area contributed by atoms with Crippen molar-refractivity contribution in [3.63, 3.8) is 0 Å². The third-order valence-corrected chi connectivity index (χ3v) is 4.54. The maximum Gasteiger partial charge on any atom is 0.322 e. The molecular formula is C18H18Cl2N2O2. The molecule has 2 amide bonds. The van der Waals surface area contributed by atoms with Crippen molar-refractivity contribution in [2.24, 2.45) is 0 Å². The number of benzene rings is 2. The minimum atomic E-state index is -0.729. The summed E-state index contributed by atoms with van der Waals surface area (Å²) in [5.41, 5.74) is 1.26. The zero-order valence-electron chi connectivity index (χ0n) is 13.0. The minimum Gasteiger partial charge on any atom is -0.387 e. The number of halogens is 2. The van der Waals surface area contributed by atoms with Crippen LogP contribution in [0.2, 0.25) is 10.0 Å². The van der Waals surface area contributed by atoms with E-state index in [2.05, 4.69) is 5.32 Å². The number of carbonyl (C=O) groups excluding carboxylic acids is 1. The Labute approximate surface area is 151 Å². The molecular weight excluding hydrogens is 347 g/mol. The molecule has 4 nitrogen and oxygen atoms in total. The summed E-state index contributed by atoms with van der Waals surface area (Å²) in [5.74, 6) is 0. The van der Waals surface area contributed by atoms with Crippen molar-refractivity contribution in [2.45, 2.75) is 25.0 Å². The average Bonchev–Trinajstić information content (AvgIpc) is 3.41. The Morgan fingerprint density at radius 2 is 1.92 bits per heavy atom. The van der Waals surface area contributed by atoms with Crippen LogP contribution in [0.4, 0.5) is 10.5 Å². The topological polar surface area (TPSA) is 52.6 Å². The van der Waals surface area contributed by atoms with E-state index >= 15 is 0 Å². The van der Waals surface area contributed by atoms with E-state index < -0.39 is 6.10 Å². The normalized spacial score (nSPS) is 15.0. The van der Waals surface area contributed by atoms with Gasteiger partial charge in [-0.2, -0.15) is 0 Å². The fourth-order valence-corrected chi connectivity index (χ4v) is 2.87. The second kappa shape index (κ2) is 7.43. The molecule has 0 bridgehead atoms. The molecule has 6 heteroatoms. The lowest BCUT2D eigenvalue weighted by atomic mass is 10.1. The number of nitrogens with one attached hydrogen (secondary N) is 1. The summed E-state index contributed by atoms with van der Waals surface area (Å²) in [7, 11) is 0. The first kappa shape index (κ1) is 17.1. The molecule has 1 aliphatic rings. The maximum absolute atomic E-state index is 12.6. The molecule has 1 atom stereocenters. The number of anilines is 1. The van der Waals surface area contributed by atoms with Crippen LogP contribution in [0.25, 0.3) is 0 Å². The summed E-state index contributed by atoms with van der Waals surface area (Å²) in [5, 5.41) is 14.1. The summed E-state index contributed by atoms with van der Waals surface area (Å²) >= 11 is 12.1. The predicted molar refractivity (Wildman–Crippen MR) is 96.6 cm³/mol. The lowest BCUT2D eigenvalue weighted by Gasteiger charge is -2.26. The standard InChI is InChI=1S/C18H18Cl2N2O2/c19-13-6-9-15(20)16(10-13)21-18(24)22(14-7-8-14)11-17(23)12-4-2-1-3-5-12/h1-6,9-10,14,17,23H,7-8,11H2,(H,21,24). The molecule has 0 heterocycles. The molecule has 1 fully saturated rings.